The number of alkyl halides is 3. The third kappa shape index (κ3) is 3.57. The number of rotatable bonds is 4. The van der Waals surface area contributed by atoms with Gasteiger partial charge in [-0.3, -0.25) is 0 Å². The molecule has 0 atom stereocenters. The Morgan fingerprint density at radius 3 is 2.39 bits per heavy atom. The Morgan fingerprint density at radius 1 is 0.929 bits per heavy atom. The normalized spacial score (nSPS) is 13.1. The highest BCUT2D eigenvalue weighted by molar-refractivity contribution is 5.84. The van der Waals surface area contributed by atoms with Crippen LogP contribution in [0.5, 0.6) is 5.75 Å². The lowest BCUT2D eigenvalue weighted by molar-refractivity contribution is -0.137. The monoisotopic (exact) mass is 383 g/mol. The molecule has 0 fully saturated rings. The molecule has 4 rings (SSSR count). The van der Waals surface area contributed by atoms with Gasteiger partial charge in [0.2, 0.25) is 0 Å². The quantitative estimate of drug-likeness (QED) is 0.552. The number of anilines is 1. The van der Waals surface area contributed by atoms with E-state index in [4.69, 9.17) is 4.74 Å². The summed E-state index contributed by atoms with van der Waals surface area (Å²) >= 11 is 0. The molecule has 3 aromatic rings. The summed E-state index contributed by atoms with van der Waals surface area (Å²) in [7, 11) is 1.64. The fourth-order valence-corrected chi connectivity index (χ4v) is 3.67. The van der Waals surface area contributed by atoms with Crippen LogP contribution in [0, 0.1) is 0 Å². The molecular formula is C23H20F3NO. The number of methoxy groups -OCH3 is 1. The summed E-state index contributed by atoms with van der Waals surface area (Å²) in [4.78, 5) is 2.23. The second kappa shape index (κ2) is 7.23. The van der Waals surface area contributed by atoms with Gasteiger partial charge >= 0.3 is 6.18 Å². The van der Waals surface area contributed by atoms with E-state index in [1.165, 1.54) is 17.7 Å². The Labute approximate surface area is 162 Å². The van der Waals surface area contributed by atoms with Crippen LogP contribution in [-0.4, -0.2) is 13.7 Å². The summed E-state index contributed by atoms with van der Waals surface area (Å²) in [5.41, 5.74) is 4.00. The zero-order valence-electron chi connectivity index (χ0n) is 15.5. The fraction of sp³-hybridized carbons (Fsp3) is 0.217. The van der Waals surface area contributed by atoms with Gasteiger partial charge in [0.1, 0.15) is 5.75 Å². The lowest BCUT2D eigenvalue weighted by Gasteiger charge is -2.33. The number of para-hydroxylation sites is 1. The van der Waals surface area contributed by atoms with E-state index >= 15 is 0 Å². The first-order valence-corrected chi connectivity index (χ1v) is 9.13. The van der Waals surface area contributed by atoms with Crippen LogP contribution in [0.2, 0.25) is 0 Å². The Morgan fingerprint density at radius 2 is 1.68 bits per heavy atom. The van der Waals surface area contributed by atoms with E-state index in [0.717, 1.165) is 35.5 Å². The van der Waals surface area contributed by atoms with E-state index < -0.39 is 11.7 Å². The van der Waals surface area contributed by atoms with Crippen molar-refractivity contribution in [2.45, 2.75) is 19.1 Å². The Kier molecular flexibility index (Phi) is 4.75. The van der Waals surface area contributed by atoms with Crippen LogP contribution in [0.4, 0.5) is 18.9 Å². The first-order chi connectivity index (χ1) is 13.5. The Hall–Kier alpha value is -2.95. The lowest BCUT2D eigenvalue weighted by Crippen LogP contribution is -2.29. The van der Waals surface area contributed by atoms with Gasteiger partial charge in [0.25, 0.3) is 0 Å². The molecule has 0 bridgehead atoms. The van der Waals surface area contributed by atoms with Gasteiger partial charge in [0.05, 0.1) is 12.7 Å². The number of nitrogens with zero attached hydrogens (tertiary/aromatic N) is 1. The summed E-state index contributed by atoms with van der Waals surface area (Å²) in [5.74, 6) is 0.821. The van der Waals surface area contributed by atoms with Crippen molar-refractivity contribution < 1.29 is 17.9 Å². The summed E-state index contributed by atoms with van der Waals surface area (Å²) in [6.07, 6.45) is -3.50. The van der Waals surface area contributed by atoms with Crippen LogP contribution in [0.25, 0.3) is 11.1 Å². The lowest BCUT2D eigenvalue weighted by atomic mass is 9.91. The molecule has 0 aromatic heterocycles. The molecule has 28 heavy (non-hydrogen) atoms. The average molecular weight is 383 g/mol. The fourth-order valence-electron chi connectivity index (χ4n) is 3.67. The average Bonchev–Trinajstić information content (AvgIpc) is 2.71. The Bertz CT molecular complexity index is 980. The van der Waals surface area contributed by atoms with Crippen molar-refractivity contribution in [1.82, 2.24) is 0 Å². The van der Waals surface area contributed by atoms with Gasteiger partial charge < -0.3 is 9.64 Å². The van der Waals surface area contributed by atoms with E-state index in [1.54, 1.807) is 13.2 Å². The summed E-state index contributed by atoms with van der Waals surface area (Å²) in [5, 5.41) is 0. The van der Waals surface area contributed by atoms with Gasteiger partial charge in [-0.25, -0.2) is 0 Å². The Balaban J connectivity index is 1.61. The largest absolute Gasteiger partial charge is 0.497 e. The molecule has 0 saturated carbocycles. The minimum absolute atomic E-state index is 0.598. The van der Waals surface area contributed by atoms with Gasteiger partial charge in [-0.2, -0.15) is 13.2 Å². The summed E-state index contributed by atoms with van der Waals surface area (Å²) in [6.45, 7) is 1.38. The molecule has 144 valence electrons. The third-order valence-corrected chi connectivity index (χ3v) is 5.16. The minimum Gasteiger partial charge on any atom is -0.497 e. The molecule has 0 amide bonds. The summed E-state index contributed by atoms with van der Waals surface area (Å²) in [6, 6.07) is 19.7. The van der Waals surface area contributed by atoms with Gasteiger partial charge in [0.15, 0.2) is 0 Å². The molecule has 0 radical (unpaired) electrons. The number of fused-ring (bicyclic) bond motifs is 3. The second-order valence-corrected chi connectivity index (χ2v) is 6.91. The molecule has 3 aromatic carbocycles. The zero-order chi connectivity index (χ0) is 19.7. The first kappa shape index (κ1) is 18.4. The molecule has 1 aliphatic heterocycles. The van der Waals surface area contributed by atoms with E-state index in [2.05, 4.69) is 4.90 Å². The standard InChI is InChI=1S/C23H20F3NO/c1-28-19-10-6-16(7-11-19)12-13-27-15-17-8-9-18(23(24,25)26)14-21(17)20-4-2-3-5-22(20)27/h2-11,14H,12-13,15H2,1H3. The highest BCUT2D eigenvalue weighted by Gasteiger charge is 2.32. The molecule has 5 heteroatoms. The smallest absolute Gasteiger partial charge is 0.416 e. The number of benzene rings is 3. The minimum atomic E-state index is -4.34. The van der Waals surface area contributed by atoms with Crippen LogP contribution in [0.1, 0.15) is 16.7 Å². The van der Waals surface area contributed by atoms with Gasteiger partial charge in [-0.15, -0.1) is 0 Å². The maximum Gasteiger partial charge on any atom is 0.416 e. The van der Waals surface area contributed by atoms with Gasteiger partial charge in [0, 0.05) is 24.3 Å². The topological polar surface area (TPSA) is 12.5 Å². The molecular weight excluding hydrogens is 363 g/mol. The van der Waals surface area contributed by atoms with Crippen molar-refractivity contribution in [3.8, 4) is 16.9 Å². The van der Waals surface area contributed by atoms with E-state index in [9.17, 15) is 13.2 Å². The van der Waals surface area contributed by atoms with Gasteiger partial charge in [-0.1, -0.05) is 36.4 Å². The maximum atomic E-state index is 13.2. The van der Waals surface area contributed by atoms with Gasteiger partial charge in [-0.05, 0) is 53.4 Å². The van der Waals surface area contributed by atoms with Crippen LogP contribution in [-0.2, 0) is 19.1 Å². The van der Waals surface area contributed by atoms with Crippen LogP contribution >= 0.6 is 0 Å². The van der Waals surface area contributed by atoms with Crippen LogP contribution in [0.15, 0.2) is 66.7 Å². The number of halogens is 3. The van der Waals surface area contributed by atoms with Crippen molar-refractivity contribution >= 4 is 5.69 Å². The number of ether oxygens (including phenoxy) is 1. The zero-order valence-corrected chi connectivity index (χ0v) is 15.5. The van der Waals surface area contributed by atoms with Crippen LogP contribution in [0.3, 0.4) is 0 Å². The number of hydrogen-bond donors (Lipinski definition) is 0. The highest BCUT2D eigenvalue weighted by Crippen LogP contribution is 2.41. The van der Waals surface area contributed by atoms with Crippen molar-refractivity contribution in [3.63, 3.8) is 0 Å². The molecule has 0 spiro atoms. The molecule has 0 unspecified atom stereocenters. The molecule has 2 nitrogen and oxygen atoms in total. The van der Waals surface area contributed by atoms with Crippen LogP contribution < -0.4 is 9.64 Å². The SMILES string of the molecule is COc1ccc(CCN2Cc3ccc(C(F)(F)F)cc3-c3ccccc32)cc1. The second-order valence-electron chi connectivity index (χ2n) is 6.91. The highest BCUT2D eigenvalue weighted by atomic mass is 19.4. The van der Waals surface area contributed by atoms with Crippen molar-refractivity contribution in [2.24, 2.45) is 0 Å². The van der Waals surface area contributed by atoms with Crippen molar-refractivity contribution in [1.29, 1.82) is 0 Å². The molecule has 0 saturated heterocycles. The summed E-state index contributed by atoms with van der Waals surface area (Å²) < 4.78 is 44.7. The predicted octanol–water partition coefficient (Wildman–Crippen LogP) is 5.94. The van der Waals surface area contributed by atoms with Crippen molar-refractivity contribution in [3.05, 3.63) is 83.4 Å². The molecule has 1 aliphatic rings. The van der Waals surface area contributed by atoms with Crippen molar-refractivity contribution in [2.75, 3.05) is 18.6 Å². The van der Waals surface area contributed by atoms with E-state index in [1.807, 2.05) is 48.5 Å². The first-order valence-electron chi connectivity index (χ1n) is 9.13. The van der Waals surface area contributed by atoms with E-state index in [-0.39, 0.29) is 0 Å². The number of hydrogen-bond acceptors (Lipinski definition) is 2. The third-order valence-electron chi connectivity index (χ3n) is 5.16. The maximum absolute atomic E-state index is 13.2. The molecule has 1 heterocycles. The van der Waals surface area contributed by atoms with E-state index in [0.29, 0.717) is 12.1 Å². The molecule has 0 N–H and O–H groups in total. The predicted molar refractivity (Wildman–Crippen MR) is 105 cm³/mol. The molecule has 0 aliphatic carbocycles.